The van der Waals surface area contributed by atoms with E-state index in [2.05, 4.69) is 26.2 Å². The van der Waals surface area contributed by atoms with E-state index < -0.39 is 0 Å². The van der Waals surface area contributed by atoms with E-state index in [0.29, 0.717) is 22.9 Å². The fourth-order valence-corrected chi connectivity index (χ4v) is 3.69. The highest BCUT2D eigenvalue weighted by Crippen LogP contribution is 2.40. The van der Waals surface area contributed by atoms with Gasteiger partial charge in [0.25, 0.3) is 5.91 Å². The number of para-hydroxylation sites is 1. The second-order valence-electron chi connectivity index (χ2n) is 7.22. The topological polar surface area (TPSA) is 72.7 Å². The maximum Gasteiger partial charge on any atom is 0.257 e. The van der Waals surface area contributed by atoms with Gasteiger partial charge in [0.2, 0.25) is 0 Å². The normalized spacial score (nSPS) is 13.6. The average Bonchev–Trinajstić information content (AvgIpc) is 3.54. The van der Waals surface area contributed by atoms with Crippen molar-refractivity contribution in [2.24, 2.45) is 0 Å². The number of aromatic nitrogens is 4. The van der Waals surface area contributed by atoms with Gasteiger partial charge in [0.1, 0.15) is 5.82 Å². The van der Waals surface area contributed by atoms with Crippen molar-refractivity contribution in [1.82, 2.24) is 19.7 Å². The molecule has 6 nitrogen and oxygen atoms in total. The minimum Gasteiger partial charge on any atom is -0.307 e. The van der Waals surface area contributed by atoms with E-state index in [1.165, 1.54) is 0 Å². The maximum absolute atomic E-state index is 13.2. The van der Waals surface area contributed by atoms with Crippen LogP contribution in [0.25, 0.3) is 16.7 Å². The van der Waals surface area contributed by atoms with Crippen LogP contribution in [0.15, 0.2) is 59.2 Å². The molecule has 1 saturated carbocycles. The Hall–Kier alpha value is -3.06. The van der Waals surface area contributed by atoms with Gasteiger partial charge in [0, 0.05) is 22.3 Å². The highest BCUT2D eigenvalue weighted by Gasteiger charge is 2.29. The molecule has 1 aliphatic rings. The molecule has 0 unspecified atom stereocenters. The van der Waals surface area contributed by atoms with E-state index in [9.17, 15) is 4.79 Å². The second-order valence-corrected chi connectivity index (χ2v) is 8.13. The van der Waals surface area contributed by atoms with Crippen LogP contribution in [-0.4, -0.2) is 25.7 Å². The number of nitrogens with zero attached hydrogens (tertiary/aromatic N) is 4. The minimum absolute atomic E-state index is 0.204. The number of carbonyl (C=O) groups is 1. The Balaban J connectivity index is 1.65. The predicted octanol–water partition coefficient (Wildman–Crippen LogP) is 5.02. The summed E-state index contributed by atoms with van der Waals surface area (Å²) in [7, 11) is 0. The number of fused-ring (bicyclic) bond motifs is 1. The largest absolute Gasteiger partial charge is 0.307 e. The first-order valence-corrected chi connectivity index (χ1v) is 10.3. The fraction of sp³-hybridized carbons (Fsp3) is 0.182. The highest BCUT2D eigenvalue weighted by molar-refractivity contribution is 9.10. The van der Waals surface area contributed by atoms with Crippen LogP contribution in [0, 0.1) is 6.92 Å². The second kappa shape index (κ2) is 7.08. The van der Waals surface area contributed by atoms with Crippen LogP contribution in [0.3, 0.4) is 0 Å². The highest BCUT2D eigenvalue weighted by atomic mass is 79.9. The van der Waals surface area contributed by atoms with Crippen LogP contribution < -0.4 is 5.32 Å². The molecule has 1 aromatic carbocycles. The lowest BCUT2D eigenvalue weighted by Gasteiger charge is -2.09. The monoisotopic (exact) mass is 447 g/mol. The molecule has 5 rings (SSSR count). The first-order chi connectivity index (χ1) is 14.1. The molecule has 4 aromatic rings. The molecule has 0 saturated heterocycles. The number of benzene rings is 1. The van der Waals surface area contributed by atoms with Gasteiger partial charge in [-0.05, 0) is 66.0 Å². The molecule has 3 aromatic heterocycles. The molecule has 1 N–H and O–H groups in total. The Bertz CT molecular complexity index is 1210. The molecule has 1 aliphatic carbocycles. The standard InChI is InChI=1S/C22H18BrN5O/c1-13-20-17(22(29)26-19-10-9-15(23)12-24-19)11-18(14-7-8-14)25-21(20)28(27-13)16-5-3-2-4-6-16/h2-6,9-12,14H,7-8H2,1H3,(H,24,26,29). The van der Waals surface area contributed by atoms with E-state index in [1.54, 1.807) is 12.3 Å². The van der Waals surface area contributed by atoms with Crippen molar-refractivity contribution in [3.05, 3.63) is 76.2 Å². The van der Waals surface area contributed by atoms with Crippen molar-refractivity contribution in [3.63, 3.8) is 0 Å². The molecular formula is C22H18BrN5O. The molecule has 0 bridgehead atoms. The van der Waals surface area contributed by atoms with Gasteiger partial charge < -0.3 is 5.32 Å². The lowest BCUT2D eigenvalue weighted by Crippen LogP contribution is -2.14. The molecule has 0 atom stereocenters. The molecule has 1 fully saturated rings. The summed E-state index contributed by atoms with van der Waals surface area (Å²) in [6.07, 6.45) is 3.87. The van der Waals surface area contributed by atoms with Gasteiger partial charge in [-0.25, -0.2) is 14.6 Å². The zero-order chi connectivity index (χ0) is 20.0. The van der Waals surface area contributed by atoms with Crippen molar-refractivity contribution in [1.29, 1.82) is 0 Å². The summed E-state index contributed by atoms with van der Waals surface area (Å²) >= 11 is 3.36. The first-order valence-electron chi connectivity index (χ1n) is 9.49. The van der Waals surface area contributed by atoms with Gasteiger partial charge in [-0.3, -0.25) is 4.79 Å². The number of pyridine rings is 2. The molecule has 29 heavy (non-hydrogen) atoms. The molecule has 1 amide bonds. The van der Waals surface area contributed by atoms with E-state index in [4.69, 9.17) is 10.1 Å². The summed E-state index contributed by atoms with van der Waals surface area (Å²) in [5.74, 6) is 0.713. The maximum atomic E-state index is 13.2. The molecule has 144 valence electrons. The Morgan fingerprint density at radius 3 is 2.66 bits per heavy atom. The van der Waals surface area contributed by atoms with E-state index >= 15 is 0 Å². The van der Waals surface area contributed by atoms with Crippen molar-refractivity contribution in [2.45, 2.75) is 25.7 Å². The first kappa shape index (κ1) is 18.0. The van der Waals surface area contributed by atoms with Crippen LogP contribution >= 0.6 is 15.9 Å². The quantitative estimate of drug-likeness (QED) is 0.476. The SMILES string of the molecule is Cc1nn(-c2ccccc2)c2nc(C3CC3)cc(C(=O)Nc3ccc(Br)cn3)c12. The Morgan fingerprint density at radius 2 is 1.97 bits per heavy atom. The summed E-state index contributed by atoms with van der Waals surface area (Å²) in [4.78, 5) is 22.3. The fourth-order valence-electron chi connectivity index (χ4n) is 3.46. The third kappa shape index (κ3) is 3.42. The average molecular weight is 448 g/mol. The number of halogens is 1. The number of anilines is 1. The molecule has 0 aliphatic heterocycles. The number of amides is 1. The summed E-state index contributed by atoms with van der Waals surface area (Å²) in [6.45, 7) is 1.91. The molecular weight excluding hydrogens is 430 g/mol. The summed E-state index contributed by atoms with van der Waals surface area (Å²) < 4.78 is 2.68. The zero-order valence-corrected chi connectivity index (χ0v) is 17.3. The molecule has 7 heteroatoms. The van der Waals surface area contributed by atoms with Gasteiger partial charge in [-0.2, -0.15) is 5.10 Å². The number of hydrogen-bond acceptors (Lipinski definition) is 4. The van der Waals surface area contributed by atoms with Gasteiger partial charge in [0.05, 0.1) is 22.3 Å². The zero-order valence-electron chi connectivity index (χ0n) is 15.8. The van der Waals surface area contributed by atoms with Crippen LogP contribution in [0.4, 0.5) is 5.82 Å². The number of hydrogen-bond donors (Lipinski definition) is 1. The molecule has 0 radical (unpaired) electrons. The van der Waals surface area contributed by atoms with Crippen LogP contribution in [0.2, 0.25) is 0 Å². The predicted molar refractivity (Wildman–Crippen MR) is 115 cm³/mol. The number of carbonyl (C=O) groups excluding carboxylic acids is 1. The van der Waals surface area contributed by atoms with Gasteiger partial charge in [0.15, 0.2) is 5.65 Å². The molecule has 0 spiro atoms. The number of nitrogens with one attached hydrogen (secondary N) is 1. The van der Waals surface area contributed by atoms with Gasteiger partial charge in [-0.1, -0.05) is 18.2 Å². The van der Waals surface area contributed by atoms with Crippen molar-refractivity contribution in [3.8, 4) is 5.69 Å². The summed E-state index contributed by atoms with van der Waals surface area (Å²) in [6, 6.07) is 15.4. The lowest BCUT2D eigenvalue weighted by atomic mass is 10.1. The number of aryl methyl sites for hydroxylation is 1. The van der Waals surface area contributed by atoms with Crippen molar-refractivity contribution in [2.75, 3.05) is 5.32 Å². The Morgan fingerprint density at radius 1 is 1.17 bits per heavy atom. The summed E-state index contributed by atoms with van der Waals surface area (Å²) in [5.41, 5.74) is 3.94. The van der Waals surface area contributed by atoms with E-state index in [1.807, 2.05) is 54.1 Å². The third-order valence-electron chi connectivity index (χ3n) is 5.04. The van der Waals surface area contributed by atoms with Crippen molar-refractivity contribution >= 4 is 38.7 Å². The lowest BCUT2D eigenvalue weighted by molar-refractivity contribution is 0.102. The van der Waals surface area contributed by atoms with Crippen molar-refractivity contribution < 1.29 is 4.79 Å². The van der Waals surface area contributed by atoms with Crippen LogP contribution in [-0.2, 0) is 0 Å². The van der Waals surface area contributed by atoms with Crippen LogP contribution in [0.5, 0.6) is 0 Å². The van der Waals surface area contributed by atoms with E-state index in [-0.39, 0.29) is 5.91 Å². The van der Waals surface area contributed by atoms with Gasteiger partial charge >= 0.3 is 0 Å². The number of rotatable bonds is 4. The smallest absolute Gasteiger partial charge is 0.257 e. The third-order valence-corrected chi connectivity index (χ3v) is 5.51. The molecule has 3 heterocycles. The van der Waals surface area contributed by atoms with Gasteiger partial charge in [-0.15, -0.1) is 0 Å². The van der Waals surface area contributed by atoms with E-state index in [0.717, 1.165) is 39.8 Å². The summed E-state index contributed by atoms with van der Waals surface area (Å²) in [5, 5.41) is 8.37. The Kier molecular flexibility index (Phi) is 4.39. The Labute approximate surface area is 176 Å². The van der Waals surface area contributed by atoms with Crippen LogP contribution in [0.1, 0.15) is 40.5 Å². The minimum atomic E-state index is -0.204.